The molecule has 2 N–H and O–H groups in total. The summed E-state index contributed by atoms with van der Waals surface area (Å²) >= 11 is 2.64. The summed E-state index contributed by atoms with van der Waals surface area (Å²) in [7, 11) is 12.5. The smallest absolute Gasteiger partial charge is 0.346 e. The van der Waals surface area contributed by atoms with Gasteiger partial charge in [-0.2, -0.15) is 0 Å². The Morgan fingerprint density at radius 1 is 0.597 bits per heavy atom. The van der Waals surface area contributed by atoms with Crippen LogP contribution in [0.1, 0.15) is 52.7 Å². The quantitative estimate of drug-likeness (QED) is 0.149. The number of thiophene rings is 2. The van der Waals surface area contributed by atoms with Crippen molar-refractivity contribution in [2.24, 2.45) is 0 Å². The van der Waals surface area contributed by atoms with Crippen LogP contribution < -0.4 is 20.2 Å². The Labute approximate surface area is 376 Å². The monoisotopic (exact) mass is 898 g/mol. The zero-order valence-corrected chi connectivity index (χ0v) is 42.0. The SMILES string of the molecule is Cc1c(C2=C3C=CC(=[N+](C)C)C=C3[Si](C)(C)c3cc(N(C)C)ccc32)csc1C(=O)O.Cc1csc(C(=O)O)c1C1=C2C=CC(=[N+](C)C)C=C2[Si](C)(C)c2cc(N(C)C)ccc21. The number of anilines is 2. The zero-order chi connectivity index (χ0) is 45.3. The zero-order valence-electron chi connectivity index (χ0n) is 38.4. The molecule has 320 valence electrons. The molecule has 0 bridgehead atoms. The van der Waals surface area contributed by atoms with Gasteiger partial charge in [-0.25, -0.2) is 18.7 Å². The van der Waals surface area contributed by atoms with E-state index in [-0.39, 0.29) is 0 Å². The van der Waals surface area contributed by atoms with Gasteiger partial charge in [0.15, 0.2) is 11.4 Å². The maximum absolute atomic E-state index is 12.1. The van der Waals surface area contributed by atoms with E-state index in [0.29, 0.717) is 9.75 Å². The Balaban J connectivity index is 0.000000186. The molecule has 0 saturated heterocycles. The van der Waals surface area contributed by atoms with E-state index in [9.17, 15) is 19.8 Å². The van der Waals surface area contributed by atoms with Crippen LogP contribution in [0.25, 0.3) is 11.1 Å². The number of carbonyl (C=O) groups is 2. The molecule has 62 heavy (non-hydrogen) atoms. The minimum Gasteiger partial charge on any atom is -0.477 e. The molecular formula is C50H58N4O4S2Si2+2. The Morgan fingerprint density at radius 3 is 1.45 bits per heavy atom. The summed E-state index contributed by atoms with van der Waals surface area (Å²) in [5.41, 5.74) is 15.5. The molecule has 0 spiro atoms. The van der Waals surface area contributed by atoms with Crippen LogP contribution in [-0.4, -0.2) is 115 Å². The fourth-order valence-electron chi connectivity index (χ4n) is 9.11. The molecule has 8 nitrogen and oxygen atoms in total. The van der Waals surface area contributed by atoms with Gasteiger partial charge >= 0.3 is 11.9 Å². The molecule has 12 heteroatoms. The van der Waals surface area contributed by atoms with E-state index < -0.39 is 28.1 Å². The van der Waals surface area contributed by atoms with Gasteiger partial charge in [0.2, 0.25) is 0 Å². The van der Waals surface area contributed by atoms with Crippen LogP contribution in [0, 0.1) is 13.8 Å². The lowest BCUT2D eigenvalue weighted by atomic mass is 9.88. The largest absolute Gasteiger partial charge is 0.477 e. The fraction of sp³-hybridized carbons (Fsp3) is 0.280. The second kappa shape index (κ2) is 16.4. The van der Waals surface area contributed by atoms with Gasteiger partial charge in [0, 0.05) is 69.4 Å². The second-order valence-electron chi connectivity index (χ2n) is 18.3. The molecule has 0 fully saturated rings. The molecule has 0 radical (unpaired) electrons. The maximum Gasteiger partial charge on any atom is 0.346 e. The molecule has 4 aromatic rings. The highest BCUT2D eigenvalue weighted by molar-refractivity contribution is 7.12. The van der Waals surface area contributed by atoms with Gasteiger partial charge in [-0.3, -0.25) is 0 Å². The Hall–Kier alpha value is -5.41. The van der Waals surface area contributed by atoms with Gasteiger partial charge in [-0.15, -0.1) is 22.7 Å². The molecule has 0 atom stereocenters. The van der Waals surface area contributed by atoms with Crippen LogP contribution in [0.4, 0.5) is 11.4 Å². The number of aromatic carboxylic acids is 2. The number of hydrogen-bond donors (Lipinski definition) is 2. The molecule has 8 rings (SSSR count). The van der Waals surface area contributed by atoms with Crippen LogP contribution in [-0.2, 0) is 0 Å². The highest BCUT2D eigenvalue weighted by Crippen LogP contribution is 2.46. The van der Waals surface area contributed by atoms with Gasteiger partial charge in [-0.05, 0) is 132 Å². The van der Waals surface area contributed by atoms with Gasteiger partial charge in [-0.1, -0.05) is 38.3 Å². The highest BCUT2D eigenvalue weighted by atomic mass is 32.1. The van der Waals surface area contributed by atoms with Crippen LogP contribution in [0.15, 0.2) is 105 Å². The van der Waals surface area contributed by atoms with Crippen molar-refractivity contribution < 1.29 is 29.0 Å². The number of hydrogen-bond acceptors (Lipinski definition) is 6. The minimum absolute atomic E-state index is 0.416. The molecule has 0 saturated carbocycles. The third kappa shape index (κ3) is 7.50. The molecule has 2 aromatic heterocycles. The van der Waals surface area contributed by atoms with Crippen LogP contribution >= 0.6 is 22.7 Å². The number of fused-ring (bicyclic) bond motifs is 4. The number of rotatable bonds is 6. The van der Waals surface area contributed by atoms with Crippen molar-refractivity contribution in [3.05, 3.63) is 148 Å². The van der Waals surface area contributed by atoms with E-state index >= 15 is 0 Å². The summed E-state index contributed by atoms with van der Waals surface area (Å²) < 4.78 is 4.28. The minimum atomic E-state index is -2.02. The van der Waals surface area contributed by atoms with Crippen molar-refractivity contribution in [3.63, 3.8) is 0 Å². The molecule has 0 unspecified atom stereocenters. The van der Waals surface area contributed by atoms with Crippen LogP contribution in [0.2, 0.25) is 26.2 Å². The molecular weight excluding hydrogens is 841 g/mol. The molecule has 4 aliphatic rings. The number of aryl methyl sites for hydroxylation is 1. The highest BCUT2D eigenvalue weighted by Gasteiger charge is 2.43. The number of carboxylic acid groups (broad SMARTS) is 2. The lowest BCUT2D eigenvalue weighted by molar-refractivity contribution is -0.462. The van der Waals surface area contributed by atoms with E-state index in [1.54, 1.807) is 0 Å². The molecule has 2 aromatic carbocycles. The first-order chi connectivity index (χ1) is 29.1. The van der Waals surface area contributed by atoms with Gasteiger partial charge in [0.05, 0.1) is 0 Å². The predicted octanol–water partition coefficient (Wildman–Crippen LogP) is 8.60. The van der Waals surface area contributed by atoms with Gasteiger partial charge in [0.25, 0.3) is 0 Å². The lowest BCUT2D eigenvalue weighted by Gasteiger charge is -2.38. The van der Waals surface area contributed by atoms with Gasteiger partial charge < -0.3 is 20.0 Å². The first-order valence-electron chi connectivity index (χ1n) is 20.7. The standard InChI is InChI=1S/2C25H28N2O2SSi/c1-15-20(14-30-24(15)25(28)29)23-18-10-8-16(26(2)3)12-21(18)31(6,7)22-13-17(27(4)5)9-11-19(22)23;1-15-14-30-24(25(28)29)22(15)23-18-10-8-16(26(2)3)12-20(18)31(6,7)21-13-17(27(4)5)9-11-19(21)23/h2*8-14H,1-7H3/p+2. The van der Waals surface area contributed by atoms with E-state index in [0.717, 1.165) is 33.4 Å². The summed E-state index contributed by atoms with van der Waals surface area (Å²) in [6.45, 7) is 13.6. The first-order valence-corrected chi connectivity index (χ1v) is 28.5. The third-order valence-corrected chi connectivity index (χ3v) is 22.0. The number of carboxylic acids is 2. The van der Waals surface area contributed by atoms with Crippen molar-refractivity contribution in [2.75, 3.05) is 66.2 Å². The lowest BCUT2D eigenvalue weighted by Crippen LogP contribution is -2.49. The van der Waals surface area contributed by atoms with E-state index in [2.05, 4.69) is 174 Å². The summed E-state index contributed by atoms with van der Waals surface area (Å²) in [5.74, 6) is -1.72. The third-order valence-electron chi connectivity index (χ3n) is 12.8. The van der Waals surface area contributed by atoms with Crippen molar-refractivity contribution >= 4 is 95.1 Å². The van der Waals surface area contributed by atoms with Crippen LogP contribution in [0.5, 0.6) is 0 Å². The van der Waals surface area contributed by atoms with E-state index in [1.165, 1.54) is 88.5 Å². The molecule has 2 aliphatic carbocycles. The predicted molar refractivity (Wildman–Crippen MR) is 269 cm³/mol. The summed E-state index contributed by atoms with van der Waals surface area (Å²) in [5, 5.41) is 29.1. The van der Waals surface area contributed by atoms with Crippen molar-refractivity contribution in [3.8, 4) is 0 Å². The van der Waals surface area contributed by atoms with Gasteiger partial charge in [0.1, 0.15) is 54.1 Å². The average Bonchev–Trinajstić information content (AvgIpc) is 3.79. The maximum atomic E-state index is 12.1. The van der Waals surface area contributed by atoms with Crippen molar-refractivity contribution in [2.45, 2.75) is 40.0 Å². The van der Waals surface area contributed by atoms with E-state index in [1.807, 2.05) is 24.6 Å². The topological polar surface area (TPSA) is 87.1 Å². The fourth-order valence-corrected chi connectivity index (χ4v) is 17.1. The summed E-state index contributed by atoms with van der Waals surface area (Å²) in [6.07, 6.45) is 13.4. The number of allylic oxidation sites excluding steroid dienone is 10. The normalized spacial score (nSPS) is 16.6. The molecule has 2 aliphatic heterocycles. The summed E-state index contributed by atoms with van der Waals surface area (Å²) in [4.78, 5) is 29.0. The Bertz CT molecular complexity index is 2860. The first kappa shape index (κ1) is 44.6. The van der Waals surface area contributed by atoms with Crippen molar-refractivity contribution in [1.82, 2.24) is 0 Å². The van der Waals surface area contributed by atoms with Crippen molar-refractivity contribution in [1.29, 1.82) is 0 Å². The molecule has 0 amide bonds. The Morgan fingerprint density at radius 2 is 1.03 bits per heavy atom. The molecule has 4 heterocycles. The van der Waals surface area contributed by atoms with Crippen LogP contribution in [0.3, 0.4) is 0 Å². The van der Waals surface area contributed by atoms with E-state index in [4.69, 9.17) is 0 Å². The average molecular weight is 899 g/mol. The number of benzene rings is 2. The Kier molecular flexibility index (Phi) is 11.8. The summed E-state index contributed by atoms with van der Waals surface area (Å²) in [6, 6.07) is 13.4. The second-order valence-corrected chi connectivity index (χ2v) is 28.7. The number of nitrogens with zero attached hydrogens (tertiary/aromatic N) is 4.